The van der Waals surface area contributed by atoms with Crippen molar-refractivity contribution >= 4 is 58.5 Å². The third-order valence-corrected chi connectivity index (χ3v) is 3.56. The fourth-order valence-corrected chi connectivity index (χ4v) is 2.30. The zero-order chi connectivity index (χ0) is 19.1. The molecule has 7 nitrogen and oxygen atoms in total. The lowest BCUT2D eigenvalue weighted by molar-refractivity contribution is -0.136. The van der Waals surface area contributed by atoms with Gasteiger partial charge in [0.05, 0.1) is 11.2 Å². The van der Waals surface area contributed by atoms with Crippen LogP contribution in [0.2, 0.25) is 10.0 Å². The summed E-state index contributed by atoms with van der Waals surface area (Å²) < 4.78 is 0. The molecule has 2 aromatic carbocycles. The van der Waals surface area contributed by atoms with Crippen molar-refractivity contribution in [1.82, 2.24) is 5.43 Å². The van der Waals surface area contributed by atoms with Crippen LogP contribution in [0.25, 0.3) is 0 Å². The van der Waals surface area contributed by atoms with Crippen LogP contribution in [0, 0.1) is 0 Å². The van der Waals surface area contributed by atoms with Gasteiger partial charge in [0.25, 0.3) is 0 Å². The summed E-state index contributed by atoms with van der Waals surface area (Å²) in [7, 11) is 0. The zero-order valence-electron chi connectivity index (χ0n) is 13.5. The Labute approximate surface area is 159 Å². The normalized spacial score (nSPS) is 10.4. The second-order valence-corrected chi connectivity index (χ2v) is 5.92. The Hall–Kier alpha value is -2.90. The molecular formula is C17H14Cl2N4O3. The van der Waals surface area contributed by atoms with Crippen molar-refractivity contribution in [2.75, 3.05) is 10.6 Å². The van der Waals surface area contributed by atoms with E-state index >= 15 is 0 Å². The quantitative estimate of drug-likeness (QED) is 0.423. The summed E-state index contributed by atoms with van der Waals surface area (Å²) in [6.45, 7) is 1.39. The molecule has 0 heterocycles. The van der Waals surface area contributed by atoms with Gasteiger partial charge in [0, 0.05) is 28.9 Å². The fourth-order valence-electron chi connectivity index (χ4n) is 1.85. The first-order valence-electron chi connectivity index (χ1n) is 7.32. The lowest BCUT2D eigenvalue weighted by Gasteiger charge is -2.06. The van der Waals surface area contributed by atoms with E-state index in [2.05, 4.69) is 21.2 Å². The molecule has 0 atom stereocenters. The van der Waals surface area contributed by atoms with E-state index in [0.29, 0.717) is 27.0 Å². The average molecular weight is 393 g/mol. The van der Waals surface area contributed by atoms with E-state index in [9.17, 15) is 14.4 Å². The fraction of sp³-hybridized carbons (Fsp3) is 0.0588. The molecule has 0 bridgehead atoms. The largest absolute Gasteiger partial charge is 0.329 e. The summed E-state index contributed by atoms with van der Waals surface area (Å²) in [6, 6.07) is 11.1. The van der Waals surface area contributed by atoms with E-state index < -0.39 is 11.8 Å². The standard InChI is InChI=1S/C17H14Cl2N4O3/c1-10(24)21-13-4-6-14(7-5-13)22-16(25)17(26)23-20-9-11-2-3-12(18)8-15(11)19/h2-9H,1H3,(H,21,24)(H,22,25)(H,23,26)/b20-9+. The highest BCUT2D eigenvalue weighted by atomic mass is 35.5. The molecule has 0 radical (unpaired) electrons. The first-order chi connectivity index (χ1) is 12.3. The van der Waals surface area contributed by atoms with Crippen LogP contribution in [-0.2, 0) is 14.4 Å². The molecule has 0 aromatic heterocycles. The molecule has 9 heteroatoms. The number of amides is 3. The third kappa shape index (κ3) is 5.87. The highest BCUT2D eigenvalue weighted by Gasteiger charge is 2.12. The van der Waals surface area contributed by atoms with Crippen molar-refractivity contribution < 1.29 is 14.4 Å². The van der Waals surface area contributed by atoms with Gasteiger partial charge in [-0.05, 0) is 36.4 Å². The number of hydrogen-bond donors (Lipinski definition) is 3. The van der Waals surface area contributed by atoms with Crippen molar-refractivity contribution in [3.05, 3.63) is 58.1 Å². The Morgan fingerprint density at radius 3 is 2.12 bits per heavy atom. The minimum atomic E-state index is -0.947. The van der Waals surface area contributed by atoms with Gasteiger partial charge in [-0.3, -0.25) is 14.4 Å². The molecule has 26 heavy (non-hydrogen) atoms. The SMILES string of the molecule is CC(=O)Nc1ccc(NC(=O)C(=O)N/N=C/c2ccc(Cl)cc2Cl)cc1. The maximum atomic E-state index is 11.8. The number of carbonyl (C=O) groups excluding carboxylic acids is 3. The van der Waals surface area contributed by atoms with Gasteiger partial charge in [0.1, 0.15) is 0 Å². The predicted octanol–water partition coefficient (Wildman–Crippen LogP) is 3.04. The Morgan fingerprint density at radius 2 is 1.54 bits per heavy atom. The molecule has 0 aliphatic carbocycles. The van der Waals surface area contributed by atoms with Crippen molar-refractivity contribution in [1.29, 1.82) is 0 Å². The molecule has 0 fully saturated rings. The molecule has 0 unspecified atom stereocenters. The van der Waals surface area contributed by atoms with Gasteiger partial charge in [-0.25, -0.2) is 5.43 Å². The van der Waals surface area contributed by atoms with Gasteiger partial charge >= 0.3 is 11.8 Å². The summed E-state index contributed by atoms with van der Waals surface area (Å²) in [5, 5.41) is 9.51. The van der Waals surface area contributed by atoms with E-state index in [1.807, 2.05) is 0 Å². The van der Waals surface area contributed by atoms with E-state index in [0.717, 1.165) is 0 Å². The van der Waals surface area contributed by atoms with Crippen molar-refractivity contribution in [3.8, 4) is 0 Å². The molecular weight excluding hydrogens is 379 g/mol. The number of nitrogens with one attached hydrogen (secondary N) is 3. The second kappa shape index (κ2) is 8.98. The first kappa shape index (κ1) is 19.4. The highest BCUT2D eigenvalue weighted by Crippen LogP contribution is 2.19. The van der Waals surface area contributed by atoms with Crippen LogP contribution in [0.15, 0.2) is 47.6 Å². The van der Waals surface area contributed by atoms with Gasteiger partial charge in [-0.2, -0.15) is 5.10 Å². The lowest BCUT2D eigenvalue weighted by Crippen LogP contribution is -2.32. The first-order valence-corrected chi connectivity index (χ1v) is 8.08. The molecule has 2 rings (SSSR count). The Balaban J connectivity index is 1.90. The molecule has 3 amide bonds. The molecule has 2 aromatic rings. The number of benzene rings is 2. The van der Waals surface area contributed by atoms with Crippen molar-refractivity contribution in [2.45, 2.75) is 6.92 Å². The molecule has 0 saturated heterocycles. The molecule has 3 N–H and O–H groups in total. The van der Waals surface area contributed by atoms with Crippen LogP contribution in [-0.4, -0.2) is 23.9 Å². The molecule has 0 aliphatic heterocycles. The summed E-state index contributed by atoms with van der Waals surface area (Å²) in [5.74, 6) is -2.05. The smallest absolute Gasteiger partial charge is 0.326 e. The molecule has 0 saturated carbocycles. The monoisotopic (exact) mass is 392 g/mol. The van der Waals surface area contributed by atoms with Gasteiger partial charge in [-0.15, -0.1) is 0 Å². The van der Waals surface area contributed by atoms with Crippen LogP contribution in [0.4, 0.5) is 11.4 Å². The number of carbonyl (C=O) groups is 3. The van der Waals surface area contributed by atoms with Gasteiger partial charge in [0.15, 0.2) is 0 Å². The number of nitrogens with zero attached hydrogens (tertiary/aromatic N) is 1. The van der Waals surface area contributed by atoms with Crippen LogP contribution in [0.1, 0.15) is 12.5 Å². The molecule has 134 valence electrons. The van der Waals surface area contributed by atoms with E-state index in [1.165, 1.54) is 19.2 Å². The van der Waals surface area contributed by atoms with Crippen LogP contribution < -0.4 is 16.1 Å². The maximum Gasteiger partial charge on any atom is 0.329 e. The average Bonchev–Trinajstić information content (AvgIpc) is 2.58. The van der Waals surface area contributed by atoms with Crippen LogP contribution in [0.5, 0.6) is 0 Å². The highest BCUT2D eigenvalue weighted by molar-refractivity contribution is 6.39. The van der Waals surface area contributed by atoms with Crippen LogP contribution >= 0.6 is 23.2 Å². The summed E-state index contributed by atoms with van der Waals surface area (Å²) in [4.78, 5) is 34.5. The molecule has 0 aliphatic rings. The summed E-state index contributed by atoms with van der Waals surface area (Å²) >= 11 is 11.7. The Bertz CT molecular complexity index is 867. The van der Waals surface area contributed by atoms with Gasteiger partial charge < -0.3 is 10.6 Å². The predicted molar refractivity (Wildman–Crippen MR) is 102 cm³/mol. The van der Waals surface area contributed by atoms with E-state index in [1.54, 1.807) is 36.4 Å². The minimum Gasteiger partial charge on any atom is -0.326 e. The van der Waals surface area contributed by atoms with E-state index in [-0.39, 0.29) is 5.91 Å². The molecule has 0 spiro atoms. The second-order valence-electron chi connectivity index (χ2n) is 5.08. The van der Waals surface area contributed by atoms with Gasteiger partial charge in [0.2, 0.25) is 5.91 Å². The number of hydrogen-bond acceptors (Lipinski definition) is 4. The third-order valence-electron chi connectivity index (χ3n) is 3.00. The van der Waals surface area contributed by atoms with E-state index in [4.69, 9.17) is 23.2 Å². The Kier molecular flexibility index (Phi) is 6.71. The van der Waals surface area contributed by atoms with Crippen molar-refractivity contribution in [2.24, 2.45) is 5.10 Å². The maximum absolute atomic E-state index is 11.8. The van der Waals surface area contributed by atoms with Gasteiger partial charge in [-0.1, -0.05) is 29.3 Å². The minimum absolute atomic E-state index is 0.209. The number of halogens is 2. The number of hydrazone groups is 1. The summed E-state index contributed by atoms with van der Waals surface area (Å²) in [6.07, 6.45) is 1.30. The topological polar surface area (TPSA) is 99.7 Å². The van der Waals surface area contributed by atoms with Crippen LogP contribution in [0.3, 0.4) is 0 Å². The number of anilines is 2. The van der Waals surface area contributed by atoms with Crippen molar-refractivity contribution in [3.63, 3.8) is 0 Å². The zero-order valence-corrected chi connectivity index (χ0v) is 15.1. The lowest BCUT2D eigenvalue weighted by atomic mass is 10.2. The number of rotatable bonds is 4. The summed E-state index contributed by atoms with van der Waals surface area (Å²) in [5.41, 5.74) is 3.60. The Morgan fingerprint density at radius 1 is 0.923 bits per heavy atom.